The van der Waals surface area contributed by atoms with E-state index in [1.54, 1.807) is 0 Å². The summed E-state index contributed by atoms with van der Waals surface area (Å²) in [6.45, 7) is 2.91. The van der Waals surface area contributed by atoms with Crippen molar-refractivity contribution in [3.63, 3.8) is 0 Å². The zero-order valence-electron chi connectivity index (χ0n) is 12.5. The maximum Gasteiger partial charge on any atom is 0.179 e. The van der Waals surface area contributed by atoms with E-state index >= 15 is 0 Å². The summed E-state index contributed by atoms with van der Waals surface area (Å²) in [6, 6.07) is 5.13. The highest BCUT2D eigenvalue weighted by molar-refractivity contribution is 7.91. The van der Waals surface area contributed by atoms with Crippen LogP contribution in [0, 0.1) is 11.7 Å². The van der Waals surface area contributed by atoms with Crippen molar-refractivity contribution in [1.29, 1.82) is 0 Å². The zero-order chi connectivity index (χ0) is 15.3. The second-order valence-corrected chi connectivity index (χ2v) is 7.87. The third-order valence-corrected chi connectivity index (χ3v) is 5.99. The highest BCUT2D eigenvalue weighted by Crippen LogP contribution is 2.29. The summed E-state index contributed by atoms with van der Waals surface area (Å²) in [5, 5.41) is 3.40. The van der Waals surface area contributed by atoms with Crippen LogP contribution in [0.15, 0.2) is 29.2 Å². The van der Waals surface area contributed by atoms with Crippen LogP contribution in [0.2, 0.25) is 0 Å². The lowest BCUT2D eigenvalue weighted by molar-refractivity contribution is 0.382. The van der Waals surface area contributed by atoms with Gasteiger partial charge in [0.2, 0.25) is 0 Å². The number of benzene rings is 1. The Balaban J connectivity index is 2.11. The monoisotopic (exact) mass is 313 g/mol. The topological polar surface area (TPSA) is 46.2 Å². The van der Waals surface area contributed by atoms with Gasteiger partial charge >= 0.3 is 0 Å². The Morgan fingerprint density at radius 2 is 1.86 bits per heavy atom. The Kier molecular flexibility index (Phi) is 5.76. The van der Waals surface area contributed by atoms with Gasteiger partial charge in [-0.05, 0) is 56.0 Å². The Bertz CT molecular complexity index is 536. The summed E-state index contributed by atoms with van der Waals surface area (Å²) in [5.41, 5.74) is 0. The zero-order valence-corrected chi connectivity index (χ0v) is 13.3. The molecular formula is C16H24FNO2S. The molecule has 0 amide bonds. The number of hydrogen-bond donors (Lipinski definition) is 1. The lowest BCUT2D eigenvalue weighted by Gasteiger charge is -2.24. The molecule has 1 aromatic carbocycles. The molecule has 1 saturated carbocycles. The molecule has 3 nitrogen and oxygen atoms in total. The van der Waals surface area contributed by atoms with Gasteiger partial charge in [-0.25, -0.2) is 12.8 Å². The van der Waals surface area contributed by atoms with Crippen molar-refractivity contribution in [1.82, 2.24) is 5.32 Å². The van der Waals surface area contributed by atoms with E-state index < -0.39 is 15.7 Å². The van der Waals surface area contributed by atoms with Crippen LogP contribution in [0.4, 0.5) is 4.39 Å². The Morgan fingerprint density at radius 1 is 1.24 bits per heavy atom. The fraction of sp³-hybridized carbons (Fsp3) is 0.625. The Hall–Kier alpha value is -0.940. The molecule has 0 aromatic heterocycles. The van der Waals surface area contributed by atoms with E-state index in [2.05, 4.69) is 12.2 Å². The quantitative estimate of drug-likeness (QED) is 0.787. The number of hydrogen-bond acceptors (Lipinski definition) is 3. The predicted octanol–water partition coefficient (Wildman–Crippen LogP) is 3.16. The first-order chi connectivity index (χ1) is 10.0. The van der Waals surface area contributed by atoms with Crippen molar-refractivity contribution >= 4 is 9.84 Å². The van der Waals surface area contributed by atoms with Crippen LogP contribution in [-0.4, -0.2) is 26.8 Å². The van der Waals surface area contributed by atoms with Crippen LogP contribution in [-0.2, 0) is 9.84 Å². The molecule has 1 atom stereocenters. The largest absolute Gasteiger partial charge is 0.313 e. The van der Waals surface area contributed by atoms with E-state index in [-0.39, 0.29) is 16.7 Å². The van der Waals surface area contributed by atoms with E-state index in [1.165, 1.54) is 37.1 Å². The number of nitrogens with one attached hydrogen (secondary N) is 1. The van der Waals surface area contributed by atoms with E-state index in [9.17, 15) is 12.8 Å². The summed E-state index contributed by atoms with van der Waals surface area (Å²) < 4.78 is 38.0. The molecule has 0 heterocycles. The molecule has 1 aliphatic rings. The van der Waals surface area contributed by atoms with Crippen molar-refractivity contribution in [2.24, 2.45) is 5.92 Å². The summed E-state index contributed by atoms with van der Waals surface area (Å²) in [7, 11) is -3.37. The molecule has 1 fully saturated rings. The van der Waals surface area contributed by atoms with Crippen LogP contribution in [0.1, 0.15) is 39.0 Å². The fourth-order valence-electron chi connectivity index (χ4n) is 3.03. The minimum absolute atomic E-state index is 0.00232. The van der Waals surface area contributed by atoms with Crippen molar-refractivity contribution in [3.8, 4) is 0 Å². The average Bonchev–Trinajstić information content (AvgIpc) is 2.98. The van der Waals surface area contributed by atoms with Crippen molar-refractivity contribution in [2.75, 3.05) is 12.3 Å². The fourth-order valence-corrected chi connectivity index (χ4v) is 4.63. The van der Waals surface area contributed by atoms with Gasteiger partial charge in [-0.1, -0.05) is 19.8 Å². The van der Waals surface area contributed by atoms with E-state index in [0.717, 1.165) is 25.8 Å². The summed E-state index contributed by atoms with van der Waals surface area (Å²) in [6.07, 6.45) is 5.55. The average molecular weight is 313 g/mol. The van der Waals surface area contributed by atoms with Gasteiger partial charge in [-0.15, -0.1) is 0 Å². The van der Waals surface area contributed by atoms with Crippen molar-refractivity contribution in [3.05, 3.63) is 30.1 Å². The molecule has 1 unspecified atom stereocenters. The first-order valence-corrected chi connectivity index (χ1v) is 9.40. The molecule has 2 rings (SSSR count). The van der Waals surface area contributed by atoms with Crippen molar-refractivity contribution in [2.45, 2.75) is 50.0 Å². The number of halogens is 1. The minimum atomic E-state index is -3.37. The molecule has 0 radical (unpaired) electrons. The molecule has 1 N–H and O–H groups in total. The molecule has 0 spiro atoms. The molecule has 0 aliphatic heterocycles. The summed E-state index contributed by atoms with van der Waals surface area (Å²) in [5.74, 6) is 0.126. The van der Waals surface area contributed by atoms with Gasteiger partial charge < -0.3 is 5.32 Å². The Morgan fingerprint density at radius 3 is 2.43 bits per heavy atom. The van der Waals surface area contributed by atoms with E-state index in [0.29, 0.717) is 5.92 Å². The van der Waals surface area contributed by atoms with Crippen LogP contribution < -0.4 is 5.32 Å². The highest BCUT2D eigenvalue weighted by atomic mass is 32.2. The van der Waals surface area contributed by atoms with Crippen LogP contribution >= 0.6 is 0 Å². The third-order valence-electron chi connectivity index (χ3n) is 4.20. The molecule has 1 aromatic rings. The molecule has 21 heavy (non-hydrogen) atoms. The lowest BCUT2D eigenvalue weighted by atomic mass is 10.00. The summed E-state index contributed by atoms with van der Waals surface area (Å²) in [4.78, 5) is 0.213. The molecule has 0 bridgehead atoms. The van der Waals surface area contributed by atoms with Gasteiger partial charge in [0.05, 0.1) is 10.6 Å². The highest BCUT2D eigenvalue weighted by Gasteiger charge is 2.29. The van der Waals surface area contributed by atoms with Gasteiger partial charge in [0.1, 0.15) is 5.82 Å². The molecule has 5 heteroatoms. The standard InChI is InChI=1S/C16H24FNO2S/c1-2-11-18-16(13-5-3-4-6-13)12-21(19,20)15-9-7-14(17)8-10-15/h7-10,13,16,18H,2-6,11-12H2,1H3. The van der Waals surface area contributed by atoms with Gasteiger partial charge in [-0.3, -0.25) is 0 Å². The number of sulfone groups is 1. The van der Waals surface area contributed by atoms with Crippen LogP contribution in [0.25, 0.3) is 0 Å². The minimum Gasteiger partial charge on any atom is -0.313 e. The van der Waals surface area contributed by atoms with Gasteiger partial charge in [0.15, 0.2) is 9.84 Å². The van der Waals surface area contributed by atoms with Crippen LogP contribution in [0.3, 0.4) is 0 Å². The van der Waals surface area contributed by atoms with Crippen LogP contribution in [0.5, 0.6) is 0 Å². The molecular weight excluding hydrogens is 289 g/mol. The normalized spacial score (nSPS) is 18.0. The van der Waals surface area contributed by atoms with E-state index in [1.807, 2.05) is 0 Å². The van der Waals surface area contributed by atoms with Gasteiger partial charge in [0.25, 0.3) is 0 Å². The maximum absolute atomic E-state index is 12.9. The van der Waals surface area contributed by atoms with E-state index in [4.69, 9.17) is 0 Å². The smallest absolute Gasteiger partial charge is 0.179 e. The lowest BCUT2D eigenvalue weighted by Crippen LogP contribution is -2.41. The molecule has 1 aliphatic carbocycles. The first kappa shape index (κ1) is 16.4. The second-order valence-electron chi connectivity index (χ2n) is 5.84. The summed E-state index contributed by atoms with van der Waals surface area (Å²) >= 11 is 0. The predicted molar refractivity (Wildman–Crippen MR) is 82.5 cm³/mol. The second kappa shape index (κ2) is 7.36. The Labute approximate surface area is 126 Å². The SMILES string of the molecule is CCCNC(CS(=O)(=O)c1ccc(F)cc1)C1CCCC1. The van der Waals surface area contributed by atoms with Crippen molar-refractivity contribution < 1.29 is 12.8 Å². The molecule has 0 saturated heterocycles. The van der Waals surface area contributed by atoms with Gasteiger partial charge in [0, 0.05) is 6.04 Å². The first-order valence-electron chi connectivity index (χ1n) is 7.74. The number of rotatable bonds is 7. The third kappa shape index (κ3) is 4.51. The maximum atomic E-state index is 12.9. The molecule has 118 valence electrons. The van der Waals surface area contributed by atoms with Gasteiger partial charge in [-0.2, -0.15) is 0 Å².